The van der Waals surface area contributed by atoms with Crippen LogP contribution in [0.5, 0.6) is 11.5 Å². The van der Waals surface area contributed by atoms with E-state index in [0.29, 0.717) is 11.4 Å². The lowest BCUT2D eigenvalue weighted by Crippen LogP contribution is -1.82. The molecule has 2 aromatic heterocycles. The van der Waals surface area contributed by atoms with Crippen LogP contribution in [0.4, 0.5) is 0 Å². The second kappa shape index (κ2) is 4.41. The van der Waals surface area contributed by atoms with Crippen molar-refractivity contribution in [1.82, 2.24) is 15.1 Å². The highest BCUT2D eigenvalue weighted by molar-refractivity contribution is 5.62. The van der Waals surface area contributed by atoms with Crippen LogP contribution in [-0.4, -0.2) is 25.3 Å². The molecule has 3 aromatic rings. The molecule has 0 saturated carbocycles. The molecule has 6 heteroatoms. The molecule has 3 rings (SSSR count). The van der Waals surface area contributed by atoms with Crippen molar-refractivity contribution in [3.8, 4) is 34.3 Å². The first-order chi connectivity index (χ1) is 9.22. The molecule has 0 saturated heterocycles. The minimum Gasteiger partial charge on any atom is -0.508 e. The SMILES string of the molecule is Oc1cc(O)cc(-c2nc(-c3cccnc3)no2)c1. The van der Waals surface area contributed by atoms with Gasteiger partial charge in [-0.05, 0) is 24.3 Å². The number of pyridine rings is 1. The van der Waals surface area contributed by atoms with Crippen LogP contribution in [0.2, 0.25) is 0 Å². The van der Waals surface area contributed by atoms with Crippen molar-refractivity contribution in [2.75, 3.05) is 0 Å². The molecule has 0 amide bonds. The van der Waals surface area contributed by atoms with Crippen molar-refractivity contribution in [2.45, 2.75) is 0 Å². The van der Waals surface area contributed by atoms with E-state index in [9.17, 15) is 10.2 Å². The molecule has 19 heavy (non-hydrogen) atoms. The van der Waals surface area contributed by atoms with Gasteiger partial charge in [0.2, 0.25) is 5.82 Å². The zero-order valence-corrected chi connectivity index (χ0v) is 9.69. The van der Waals surface area contributed by atoms with Crippen LogP contribution >= 0.6 is 0 Å². The molecule has 0 spiro atoms. The van der Waals surface area contributed by atoms with Gasteiger partial charge in [0.15, 0.2) is 0 Å². The minimum absolute atomic E-state index is 0.0730. The van der Waals surface area contributed by atoms with E-state index in [1.807, 2.05) is 6.07 Å². The lowest BCUT2D eigenvalue weighted by molar-refractivity contribution is 0.428. The van der Waals surface area contributed by atoms with Crippen LogP contribution in [0.25, 0.3) is 22.8 Å². The molecular weight excluding hydrogens is 246 g/mol. The molecule has 0 aliphatic carbocycles. The molecular formula is C13H9N3O3. The van der Waals surface area contributed by atoms with E-state index < -0.39 is 0 Å². The zero-order valence-electron chi connectivity index (χ0n) is 9.69. The van der Waals surface area contributed by atoms with Crippen LogP contribution in [0.3, 0.4) is 0 Å². The Balaban J connectivity index is 2.02. The van der Waals surface area contributed by atoms with Crippen molar-refractivity contribution in [2.24, 2.45) is 0 Å². The molecule has 0 unspecified atom stereocenters. The molecule has 94 valence electrons. The molecule has 6 nitrogen and oxygen atoms in total. The van der Waals surface area contributed by atoms with E-state index >= 15 is 0 Å². The van der Waals surface area contributed by atoms with Crippen molar-refractivity contribution in [3.63, 3.8) is 0 Å². The molecule has 0 fully saturated rings. The summed E-state index contributed by atoms with van der Waals surface area (Å²) in [6.07, 6.45) is 3.27. The molecule has 2 heterocycles. The predicted octanol–water partition coefficient (Wildman–Crippen LogP) is 2.21. The first kappa shape index (κ1) is 11.2. The maximum atomic E-state index is 9.42. The Morgan fingerprint density at radius 1 is 1.00 bits per heavy atom. The molecule has 0 bridgehead atoms. The second-order valence-electron chi connectivity index (χ2n) is 3.90. The smallest absolute Gasteiger partial charge is 0.258 e. The Morgan fingerprint density at radius 2 is 1.79 bits per heavy atom. The second-order valence-corrected chi connectivity index (χ2v) is 3.90. The number of nitrogens with zero attached hydrogens (tertiary/aromatic N) is 3. The number of benzene rings is 1. The minimum atomic E-state index is -0.0730. The van der Waals surface area contributed by atoms with Crippen LogP contribution < -0.4 is 0 Å². The van der Waals surface area contributed by atoms with E-state index in [1.165, 1.54) is 18.2 Å². The van der Waals surface area contributed by atoms with Crippen LogP contribution in [0.15, 0.2) is 47.2 Å². The average molecular weight is 255 g/mol. The summed E-state index contributed by atoms with van der Waals surface area (Å²) in [5.41, 5.74) is 1.17. The third-order valence-electron chi connectivity index (χ3n) is 2.50. The van der Waals surface area contributed by atoms with E-state index in [2.05, 4.69) is 15.1 Å². The number of phenolic OH excluding ortho intramolecular Hbond substituents is 2. The fourth-order valence-electron chi connectivity index (χ4n) is 1.67. The summed E-state index contributed by atoms with van der Waals surface area (Å²) in [7, 11) is 0. The number of rotatable bonds is 2. The summed E-state index contributed by atoms with van der Waals surface area (Å²) in [5, 5.41) is 22.7. The fourth-order valence-corrected chi connectivity index (χ4v) is 1.67. The summed E-state index contributed by atoms with van der Waals surface area (Å²) in [5.74, 6) is 0.461. The number of aromatic nitrogens is 3. The fraction of sp³-hybridized carbons (Fsp3) is 0. The molecule has 2 N–H and O–H groups in total. The quantitative estimate of drug-likeness (QED) is 0.729. The van der Waals surface area contributed by atoms with Crippen LogP contribution in [-0.2, 0) is 0 Å². The van der Waals surface area contributed by atoms with Gasteiger partial charge in [-0.3, -0.25) is 4.98 Å². The first-order valence-corrected chi connectivity index (χ1v) is 5.50. The van der Waals surface area contributed by atoms with Gasteiger partial charge < -0.3 is 14.7 Å². The third-order valence-corrected chi connectivity index (χ3v) is 2.50. The maximum Gasteiger partial charge on any atom is 0.258 e. The van der Waals surface area contributed by atoms with E-state index in [-0.39, 0.29) is 17.4 Å². The Bertz CT molecular complexity index is 690. The highest BCUT2D eigenvalue weighted by atomic mass is 16.5. The number of hydrogen-bond donors (Lipinski definition) is 2. The monoisotopic (exact) mass is 255 g/mol. The number of phenols is 2. The van der Waals surface area contributed by atoms with Gasteiger partial charge in [-0.2, -0.15) is 4.98 Å². The summed E-state index contributed by atoms with van der Waals surface area (Å²) < 4.78 is 5.10. The summed E-state index contributed by atoms with van der Waals surface area (Å²) in [4.78, 5) is 8.16. The highest BCUT2D eigenvalue weighted by Crippen LogP contribution is 2.28. The molecule has 1 aromatic carbocycles. The highest BCUT2D eigenvalue weighted by Gasteiger charge is 2.12. The Labute approximate surface area is 108 Å². The maximum absolute atomic E-state index is 9.42. The summed E-state index contributed by atoms with van der Waals surface area (Å²) in [6.45, 7) is 0. The molecule has 0 aliphatic heterocycles. The van der Waals surface area contributed by atoms with Crippen molar-refractivity contribution in [3.05, 3.63) is 42.7 Å². The van der Waals surface area contributed by atoms with Crippen LogP contribution in [0.1, 0.15) is 0 Å². The molecule has 0 radical (unpaired) electrons. The normalized spacial score (nSPS) is 10.5. The Morgan fingerprint density at radius 3 is 2.47 bits per heavy atom. The van der Waals surface area contributed by atoms with Gasteiger partial charge in [0, 0.05) is 29.6 Å². The third kappa shape index (κ3) is 2.23. The van der Waals surface area contributed by atoms with Crippen molar-refractivity contribution in [1.29, 1.82) is 0 Å². The number of aromatic hydroxyl groups is 2. The first-order valence-electron chi connectivity index (χ1n) is 5.50. The van der Waals surface area contributed by atoms with Crippen molar-refractivity contribution >= 4 is 0 Å². The Hall–Kier alpha value is -2.89. The summed E-state index contributed by atoms with van der Waals surface area (Å²) >= 11 is 0. The van der Waals surface area contributed by atoms with E-state index in [0.717, 1.165) is 5.56 Å². The molecule has 0 aliphatic rings. The molecule has 0 atom stereocenters. The standard InChI is InChI=1S/C13H9N3O3/c17-10-4-9(5-11(18)6-10)13-15-12(16-19-13)8-2-1-3-14-7-8/h1-7,17-18H. The van der Waals surface area contributed by atoms with Gasteiger partial charge in [0.25, 0.3) is 5.89 Å². The van der Waals surface area contributed by atoms with Gasteiger partial charge in [-0.15, -0.1) is 0 Å². The Kier molecular flexibility index (Phi) is 2.60. The van der Waals surface area contributed by atoms with E-state index in [1.54, 1.807) is 18.5 Å². The topological polar surface area (TPSA) is 92.3 Å². The lowest BCUT2D eigenvalue weighted by Gasteiger charge is -1.97. The zero-order chi connectivity index (χ0) is 13.2. The lowest BCUT2D eigenvalue weighted by atomic mass is 10.2. The average Bonchev–Trinajstić information content (AvgIpc) is 2.88. The van der Waals surface area contributed by atoms with Crippen LogP contribution in [0, 0.1) is 0 Å². The van der Waals surface area contributed by atoms with Gasteiger partial charge >= 0.3 is 0 Å². The predicted molar refractivity (Wildman–Crippen MR) is 66.3 cm³/mol. The largest absolute Gasteiger partial charge is 0.508 e. The van der Waals surface area contributed by atoms with Gasteiger partial charge in [0.05, 0.1) is 0 Å². The van der Waals surface area contributed by atoms with Gasteiger partial charge in [-0.25, -0.2) is 0 Å². The van der Waals surface area contributed by atoms with Gasteiger partial charge in [0.1, 0.15) is 11.5 Å². The van der Waals surface area contributed by atoms with Gasteiger partial charge in [-0.1, -0.05) is 5.16 Å². The van der Waals surface area contributed by atoms with Crippen molar-refractivity contribution < 1.29 is 14.7 Å². The number of hydrogen-bond acceptors (Lipinski definition) is 6. The van der Waals surface area contributed by atoms with E-state index in [4.69, 9.17) is 4.52 Å². The summed E-state index contributed by atoms with van der Waals surface area (Å²) in [6, 6.07) is 7.66.